The molecule has 0 bridgehead atoms. The van der Waals surface area contributed by atoms with E-state index in [1.807, 2.05) is 28.6 Å². The van der Waals surface area contributed by atoms with Gasteiger partial charge in [0, 0.05) is 43.0 Å². The topological polar surface area (TPSA) is 46.1 Å². The van der Waals surface area contributed by atoms with Gasteiger partial charge in [-0.25, -0.2) is 4.98 Å². The number of pyridine rings is 1. The average molecular weight is 287 g/mol. The van der Waals surface area contributed by atoms with E-state index in [1.54, 1.807) is 23.7 Å². The van der Waals surface area contributed by atoms with E-state index in [0.29, 0.717) is 12.3 Å². The minimum atomic E-state index is 0.194. The number of aromatic nitrogens is 2. The van der Waals surface area contributed by atoms with Crippen LogP contribution in [0.1, 0.15) is 29.3 Å². The zero-order valence-electron chi connectivity index (χ0n) is 11.2. The van der Waals surface area contributed by atoms with Crippen LogP contribution in [-0.2, 0) is 11.2 Å². The van der Waals surface area contributed by atoms with Crippen LogP contribution in [0.15, 0.2) is 36.1 Å². The van der Waals surface area contributed by atoms with Gasteiger partial charge in [-0.3, -0.25) is 9.78 Å². The average Bonchev–Trinajstić information content (AvgIpc) is 3.03. The molecule has 1 fully saturated rings. The lowest BCUT2D eigenvalue weighted by molar-refractivity contribution is -0.131. The lowest BCUT2D eigenvalue weighted by Crippen LogP contribution is -2.39. The van der Waals surface area contributed by atoms with Crippen LogP contribution < -0.4 is 0 Å². The second-order valence-corrected chi connectivity index (χ2v) is 6.01. The minimum Gasteiger partial charge on any atom is -0.342 e. The fourth-order valence-electron chi connectivity index (χ4n) is 2.63. The number of nitrogens with zero attached hydrogens (tertiary/aromatic N) is 3. The van der Waals surface area contributed by atoms with Crippen LogP contribution in [0.3, 0.4) is 0 Å². The van der Waals surface area contributed by atoms with Gasteiger partial charge in [-0.1, -0.05) is 6.07 Å². The summed E-state index contributed by atoms with van der Waals surface area (Å²) in [5.41, 5.74) is 0.980. The molecule has 104 valence electrons. The number of hydrogen-bond donors (Lipinski definition) is 0. The Hall–Kier alpha value is -1.75. The third-order valence-corrected chi connectivity index (χ3v) is 4.59. The van der Waals surface area contributed by atoms with E-state index in [-0.39, 0.29) is 5.91 Å². The predicted octanol–water partition coefficient (Wildman–Crippen LogP) is 2.49. The highest BCUT2D eigenvalue weighted by Gasteiger charge is 2.26. The zero-order valence-corrected chi connectivity index (χ0v) is 12.1. The number of piperidine rings is 1. The molecule has 20 heavy (non-hydrogen) atoms. The largest absolute Gasteiger partial charge is 0.342 e. The zero-order chi connectivity index (χ0) is 13.8. The van der Waals surface area contributed by atoms with Gasteiger partial charge in [-0.15, -0.1) is 11.3 Å². The predicted molar refractivity (Wildman–Crippen MR) is 78.6 cm³/mol. The van der Waals surface area contributed by atoms with Crippen molar-refractivity contribution in [3.63, 3.8) is 0 Å². The van der Waals surface area contributed by atoms with Crippen molar-refractivity contribution in [2.75, 3.05) is 13.1 Å². The molecular weight excluding hydrogens is 270 g/mol. The van der Waals surface area contributed by atoms with Crippen molar-refractivity contribution in [2.24, 2.45) is 0 Å². The summed E-state index contributed by atoms with van der Waals surface area (Å²) in [6, 6.07) is 3.82. The maximum atomic E-state index is 12.4. The van der Waals surface area contributed by atoms with Gasteiger partial charge in [0.1, 0.15) is 0 Å². The molecule has 1 unspecified atom stereocenters. The first-order valence-corrected chi connectivity index (χ1v) is 7.77. The van der Waals surface area contributed by atoms with E-state index in [4.69, 9.17) is 0 Å². The maximum absolute atomic E-state index is 12.4. The van der Waals surface area contributed by atoms with Gasteiger partial charge in [0.25, 0.3) is 0 Å². The molecule has 2 aromatic rings. The molecule has 2 aromatic heterocycles. The van der Waals surface area contributed by atoms with Gasteiger partial charge < -0.3 is 4.90 Å². The second-order valence-electron chi connectivity index (χ2n) is 5.09. The first kappa shape index (κ1) is 13.2. The summed E-state index contributed by atoms with van der Waals surface area (Å²) in [5, 5.41) is 3.16. The third kappa shape index (κ3) is 3.04. The van der Waals surface area contributed by atoms with Crippen LogP contribution in [0.4, 0.5) is 0 Å². The summed E-state index contributed by atoms with van der Waals surface area (Å²) in [6.45, 7) is 1.66. The number of thiazole rings is 1. The summed E-state index contributed by atoms with van der Waals surface area (Å²) < 4.78 is 0. The molecule has 3 heterocycles. The molecule has 1 aliphatic rings. The summed E-state index contributed by atoms with van der Waals surface area (Å²) in [4.78, 5) is 22.8. The summed E-state index contributed by atoms with van der Waals surface area (Å²) in [6.07, 6.45) is 7.97. The van der Waals surface area contributed by atoms with Crippen molar-refractivity contribution in [3.8, 4) is 0 Å². The molecule has 0 aliphatic carbocycles. The highest BCUT2D eigenvalue weighted by Crippen LogP contribution is 2.28. The van der Waals surface area contributed by atoms with Crippen molar-refractivity contribution in [2.45, 2.75) is 25.2 Å². The molecule has 1 aliphatic heterocycles. The third-order valence-electron chi connectivity index (χ3n) is 3.65. The van der Waals surface area contributed by atoms with Gasteiger partial charge >= 0.3 is 0 Å². The number of hydrogen-bond acceptors (Lipinski definition) is 4. The molecule has 3 rings (SSSR count). The molecule has 4 nitrogen and oxygen atoms in total. The molecule has 0 radical (unpaired) electrons. The van der Waals surface area contributed by atoms with Crippen LogP contribution in [0, 0.1) is 0 Å². The Morgan fingerprint density at radius 1 is 1.45 bits per heavy atom. The number of likely N-dealkylation sites (tertiary alicyclic amines) is 1. The quantitative estimate of drug-likeness (QED) is 0.871. The fraction of sp³-hybridized carbons (Fsp3) is 0.400. The Morgan fingerprint density at radius 2 is 2.40 bits per heavy atom. The van der Waals surface area contributed by atoms with E-state index in [0.717, 1.165) is 36.5 Å². The van der Waals surface area contributed by atoms with E-state index in [1.165, 1.54) is 0 Å². The SMILES string of the molecule is O=C(Cc1cccnc1)N1CCCC(c2nccs2)C1. The normalized spacial score (nSPS) is 19.0. The lowest BCUT2D eigenvalue weighted by Gasteiger charge is -2.32. The van der Waals surface area contributed by atoms with Crippen molar-refractivity contribution in [1.82, 2.24) is 14.9 Å². The van der Waals surface area contributed by atoms with Crippen molar-refractivity contribution in [1.29, 1.82) is 0 Å². The van der Waals surface area contributed by atoms with Crippen LogP contribution in [-0.4, -0.2) is 33.9 Å². The molecule has 0 aromatic carbocycles. The minimum absolute atomic E-state index is 0.194. The van der Waals surface area contributed by atoms with Crippen molar-refractivity contribution >= 4 is 17.2 Å². The smallest absolute Gasteiger partial charge is 0.227 e. The van der Waals surface area contributed by atoms with Crippen LogP contribution >= 0.6 is 11.3 Å². The molecule has 5 heteroatoms. The molecule has 1 amide bonds. The first-order chi connectivity index (χ1) is 9.83. The van der Waals surface area contributed by atoms with E-state index >= 15 is 0 Å². The molecule has 0 saturated carbocycles. The van der Waals surface area contributed by atoms with Crippen LogP contribution in [0.5, 0.6) is 0 Å². The number of rotatable bonds is 3. The Morgan fingerprint density at radius 3 is 3.15 bits per heavy atom. The standard InChI is InChI=1S/C15H17N3OS/c19-14(9-12-3-1-5-16-10-12)18-7-2-4-13(11-18)15-17-6-8-20-15/h1,3,5-6,8,10,13H,2,4,7,9,11H2. The van der Waals surface area contributed by atoms with Gasteiger partial charge in [0.2, 0.25) is 5.91 Å². The summed E-state index contributed by atoms with van der Waals surface area (Å²) in [7, 11) is 0. The Bertz CT molecular complexity index is 556. The van der Waals surface area contributed by atoms with Crippen LogP contribution in [0.2, 0.25) is 0 Å². The van der Waals surface area contributed by atoms with Gasteiger partial charge in [-0.2, -0.15) is 0 Å². The van der Waals surface area contributed by atoms with Crippen LogP contribution in [0.25, 0.3) is 0 Å². The van der Waals surface area contributed by atoms with Gasteiger partial charge in [0.05, 0.1) is 11.4 Å². The maximum Gasteiger partial charge on any atom is 0.227 e. The van der Waals surface area contributed by atoms with E-state index in [2.05, 4.69) is 9.97 Å². The van der Waals surface area contributed by atoms with E-state index in [9.17, 15) is 4.79 Å². The second kappa shape index (κ2) is 6.13. The highest BCUT2D eigenvalue weighted by atomic mass is 32.1. The number of amides is 1. The summed E-state index contributed by atoms with van der Waals surface area (Å²) >= 11 is 1.69. The van der Waals surface area contributed by atoms with Crippen molar-refractivity contribution in [3.05, 3.63) is 46.7 Å². The van der Waals surface area contributed by atoms with Gasteiger partial charge in [-0.05, 0) is 24.5 Å². The highest BCUT2D eigenvalue weighted by molar-refractivity contribution is 7.09. The Balaban J connectivity index is 1.63. The molecule has 0 spiro atoms. The van der Waals surface area contributed by atoms with Gasteiger partial charge in [0.15, 0.2) is 0 Å². The fourth-order valence-corrected chi connectivity index (χ4v) is 3.40. The van der Waals surface area contributed by atoms with E-state index < -0.39 is 0 Å². The summed E-state index contributed by atoms with van der Waals surface area (Å²) in [5.74, 6) is 0.598. The molecule has 1 atom stereocenters. The lowest BCUT2D eigenvalue weighted by atomic mass is 9.98. The molecular formula is C15H17N3OS. The van der Waals surface area contributed by atoms with Crippen molar-refractivity contribution < 1.29 is 4.79 Å². The number of carbonyl (C=O) groups excluding carboxylic acids is 1. The monoisotopic (exact) mass is 287 g/mol. The number of carbonyl (C=O) groups is 1. The molecule has 1 saturated heterocycles. The Kier molecular flexibility index (Phi) is 4.06. The Labute approximate surface area is 122 Å². The molecule has 0 N–H and O–H groups in total. The first-order valence-electron chi connectivity index (χ1n) is 6.89.